The summed E-state index contributed by atoms with van der Waals surface area (Å²) in [4.78, 5) is 11.5. The van der Waals surface area contributed by atoms with E-state index in [0.29, 0.717) is 16.8 Å². The highest BCUT2D eigenvalue weighted by Crippen LogP contribution is 2.35. The van der Waals surface area contributed by atoms with Gasteiger partial charge in [-0.15, -0.1) is 0 Å². The normalized spacial score (nSPS) is 18.3. The number of hydrogen-bond acceptors (Lipinski definition) is 5. The number of aromatic amines is 1. The summed E-state index contributed by atoms with van der Waals surface area (Å²) >= 11 is 0. The van der Waals surface area contributed by atoms with Gasteiger partial charge in [0.05, 0.1) is 30.4 Å². The fourth-order valence-corrected chi connectivity index (χ4v) is 2.56. The number of nitrogens with zero attached hydrogens (tertiary/aromatic N) is 2. The minimum Gasteiger partial charge on any atom is -0.506 e. The molecule has 19 heavy (non-hydrogen) atoms. The fourth-order valence-electron chi connectivity index (χ4n) is 2.56. The summed E-state index contributed by atoms with van der Waals surface area (Å²) in [5.74, 6) is 0.125. The van der Waals surface area contributed by atoms with E-state index >= 15 is 0 Å². The molecule has 4 N–H and O–H groups in total. The molecule has 0 aromatic carbocycles. The molecule has 0 saturated carbocycles. The Kier molecular flexibility index (Phi) is 2.96. The summed E-state index contributed by atoms with van der Waals surface area (Å²) in [5.41, 5.74) is 3.79. The van der Waals surface area contributed by atoms with E-state index in [1.54, 1.807) is 19.4 Å². The molecule has 6 nitrogen and oxygen atoms in total. The number of aliphatic hydroxyl groups is 1. The van der Waals surface area contributed by atoms with Gasteiger partial charge in [0.25, 0.3) is 0 Å². The summed E-state index contributed by atoms with van der Waals surface area (Å²) in [6.07, 6.45) is 4.15. The number of aryl methyl sites for hydroxylation is 1. The van der Waals surface area contributed by atoms with Gasteiger partial charge in [-0.1, -0.05) is 0 Å². The SMILES string of the molecule is Cc1ncc(CO)c([C@H]2NCCc3[nH]cnc32)c1O. The minimum atomic E-state index is -0.209. The molecule has 0 aliphatic carbocycles. The molecule has 1 atom stereocenters. The Morgan fingerprint density at radius 3 is 3.05 bits per heavy atom. The predicted molar refractivity (Wildman–Crippen MR) is 68.7 cm³/mol. The Morgan fingerprint density at radius 2 is 2.26 bits per heavy atom. The summed E-state index contributed by atoms with van der Waals surface area (Å²) in [6.45, 7) is 2.38. The van der Waals surface area contributed by atoms with Crippen LogP contribution >= 0.6 is 0 Å². The molecule has 100 valence electrons. The maximum absolute atomic E-state index is 10.3. The van der Waals surface area contributed by atoms with Gasteiger partial charge in [-0.2, -0.15) is 0 Å². The molecular formula is C13H16N4O2. The van der Waals surface area contributed by atoms with Crippen molar-refractivity contribution in [3.05, 3.63) is 40.7 Å². The van der Waals surface area contributed by atoms with Gasteiger partial charge in [0.1, 0.15) is 5.75 Å². The van der Waals surface area contributed by atoms with Crippen molar-refractivity contribution in [2.75, 3.05) is 6.54 Å². The van der Waals surface area contributed by atoms with Crippen LogP contribution in [0.3, 0.4) is 0 Å². The van der Waals surface area contributed by atoms with Crippen LogP contribution in [-0.2, 0) is 13.0 Å². The first kappa shape index (κ1) is 12.1. The molecule has 1 aliphatic rings. The lowest BCUT2D eigenvalue weighted by Gasteiger charge is -2.26. The highest BCUT2D eigenvalue weighted by Gasteiger charge is 2.28. The lowest BCUT2D eigenvalue weighted by atomic mass is 9.94. The van der Waals surface area contributed by atoms with Crippen LogP contribution in [0.2, 0.25) is 0 Å². The monoisotopic (exact) mass is 260 g/mol. The lowest BCUT2D eigenvalue weighted by Crippen LogP contribution is -2.31. The van der Waals surface area contributed by atoms with Gasteiger partial charge in [0.15, 0.2) is 0 Å². The minimum absolute atomic E-state index is 0.125. The van der Waals surface area contributed by atoms with Gasteiger partial charge in [-0.3, -0.25) is 4.98 Å². The first-order valence-electron chi connectivity index (χ1n) is 6.26. The Morgan fingerprint density at radius 1 is 1.42 bits per heavy atom. The maximum atomic E-state index is 10.3. The molecule has 0 spiro atoms. The van der Waals surface area contributed by atoms with Gasteiger partial charge in [0, 0.05) is 36.0 Å². The number of imidazole rings is 1. The first-order chi connectivity index (χ1) is 9.22. The highest BCUT2D eigenvalue weighted by molar-refractivity contribution is 5.47. The summed E-state index contributed by atoms with van der Waals surface area (Å²) in [7, 11) is 0. The van der Waals surface area contributed by atoms with Crippen LogP contribution < -0.4 is 5.32 Å². The highest BCUT2D eigenvalue weighted by atomic mass is 16.3. The molecular weight excluding hydrogens is 244 g/mol. The average molecular weight is 260 g/mol. The smallest absolute Gasteiger partial charge is 0.142 e. The Labute approximate surface area is 110 Å². The molecule has 0 radical (unpaired) electrons. The molecule has 0 saturated heterocycles. The van der Waals surface area contributed by atoms with Crippen molar-refractivity contribution in [3.8, 4) is 5.75 Å². The molecule has 3 heterocycles. The van der Waals surface area contributed by atoms with Crippen LogP contribution in [0.4, 0.5) is 0 Å². The van der Waals surface area contributed by atoms with E-state index < -0.39 is 0 Å². The second-order valence-corrected chi connectivity index (χ2v) is 4.69. The van der Waals surface area contributed by atoms with Crippen LogP contribution in [0, 0.1) is 6.92 Å². The molecule has 0 amide bonds. The molecule has 3 rings (SSSR count). The third-order valence-electron chi connectivity index (χ3n) is 3.57. The average Bonchev–Trinajstić information content (AvgIpc) is 2.90. The zero-order chi connectivity index (χ0) is 13.4. The van der Waals surface area contributed by atoms with Crippen molar-refractivity contribution < 1.29 is 10.2 Å². The molecule has 6 heteroatoms. The zero-order valence-electron chi connectivity index (χ0n) is 10.6. The Balaban J connectivity index is 2.16. The summed E-state index contributed by atoms with van der Waals surface area (Å²) in [5, 5.41) is 23.1. The summed E-state index contributed by atoms with van der Waals surface area (Å²) in [6, 6.07) is -0.209. The first-order valence-corrected chi connectivity index (χ1v) is 6.26. The number of nitrogens with one attached hydrogen (secondary N) is 2. The van der Waals surface area contributed by atoms with E-state index in [-0.39, 0.29) is 18.4 Å². The van der Waals surface area contributed by atoms with Crippen LogP contribution in [0.15, 0.2) is 12.5 Å². The van der Waals surface area contributed by atoms with E-state index in [1.807, 2.05) is 0 Å². The van der Waals surface area contributed by atoms with Crippen LogP contribution in [-0.4, -0.2) is 31.7 Å². The number of fused-ring (bicyclic) bond motifs is 1. The van der Waals surface area contributed by atoms with E-state index in [4.69, 9.17) is 0 Å². The zero-order valence-corrected chi connectivity index (χ0v) is 10.6. The van der Waals surface area contributed by atoms with Crippen molar-refractivity contribution in [2.24, 2.45) is 0 Å². The van der Waals surface area contributed by atoms with Crippen molar-refractivity contribution in [2.45, 2.75) is 26.0 Å². The van der Waals surface area contributed by atoms with Gasteiger partial charge >= 0.3 is 0 Å². The number of H-pyrrole nitrogens is 1. The topological polar surface area (TPSA) is 94.1 Å². The van der Waals surface area contributed by atoms with Crippen LogP contribution in [0.1, 0.15) is 34.3 Å². The van der Waals surface area contributed by atoms with Crippen molar-refractivity contribution in [1.82, 2.24) is 20.3 Å². The number of hydrogen-bond donors (Lipinski definition) is 4. The molecule has 0 bridgehead atoms. The number of aliphatic hydroxyl groups excluding tert-OH is 1. The number of aromatic hydroxyl groups is 1. The standard InChI is InChI=1S/C13H16N4O2/c1-7-13(19)10(8(5-18)4-15-7)12-11-9(2-3-14-12)16-6-17-11/h4,6,12,14,18-19H,2-3,5H2,1H3,(H,16,17)/t12-/m1/s1. The van der Waals surface area contributed by atoms with Crippen LogP contribution in [0.5, 0.6) is 5.75 Å². The lowest BCUT2D eigenvalue weighted by molar-refractivity contribution is 0.277. The Hall–Kier alpha value is -1.92. The molecule has 0 fully saturated rings. The van der Waals surface area contributed by atoms with Crippen molar-refractivity contribution >= 4 is 0 Å². The fraction of sp³-hybridized carbons (Fsp3) is 0.385. The molecule has 2 aromatic rings. The molecule has 2 aromatic heterocycles. The summed E-state index contributed by atoms with van der Waals surface area (Å²) < 4.78 is 0. The van der Waals surface area contributed by atoms with E-state index in [2.05, 4.69) is 20.3 Å². The molecule has 0 unspecified atom stereocenters. The van der Waals surface area contributed by atoms with Crippen molar-refractivity contribution in [3.63, 3.8) is 0 Å². The maximum Gasteiger partial charge on any atom is 0.142 e. The quantitative estimate of drug-likeness (QED) is 0.632. The largest absolute Gasteiger partial charge is 0.506 e. The number of pyridine rings is 1. The van der Waals surface area contributed by atoms with Gasteiger partial charge in [0.2, 0.25) is 0 Å². The van der Waals surface area contributed by atoms with Crippen molar-refractivity contribution in [1.29, 1.82) is 0 Å². The Bertz CT molecular complexity index is 609. The van der Waals surface area contributed by atoms with E-state index in [9.17, 15) is 10.2 Å². The van der Waals surface area contributed by atoms with Gasteiger partial charge in [-0.25, -0.2) is 4.98 Å². The number of rotatable bonds is 2. The third kappa shape index (κ3) is 1.89. The van der Waals surface area contributed by atoms with Gasteiger partial charge in [-0.05, 0) is 6.92 Å². The number of aromatic nitrogens is 3. The van der Waals surface area contributed by atoms with Gasteiger partial charge < -0.3 is 20.5 Å². The predicted octanol–water partition coefficient (Wildman–Crippen LogP) is 0.546. The van der Waals surface area contributed by atoms with Crippen LogP contribution in [0.25, 0.3) is 0 Å². The molecule has 1 aliphatic heterocycles. The second kappa shape index (κ2) is 4.64. The second-order valence-electron chi connectivity index (χ2n) is 4.69. The van der Waals surface area contributed by atoms with E-state index in [0.717, 1.165) is 24.4 Å². The van der Waals surface area contributed by atoms with E-state index in [1.165, 1.54) is 0 Å². The third-order valence-corrected chi connectivity index (χ3v) is 3.57.